The van der Waals surface area contributed by atoms with Crippen LogP contribution in [0.3, 0.4) is 0 Å². The Kier molecular flexibility index (Phi) is 6.13. The highest BCUT2D eigenvalue weighted by molar-refractivity contribution is 7.91. The first kappa shape index (κ1) is 21.5. The Morgan fingerprint density at radius 2 is 1.55 bits per heavy atom. The van der Waals surface area contributed by atoms with Crippen LogP contribution in [-0.2, 0) is 22.6 Å². The van der Waals surface area contributed by atoms with E-state index in [0.717, 1.165) is 29.8 Å². The van der Waals surface area contributed by atoms with Crippen LogP contribution >= 0.6 is 0 Å². The molecule has 0 saturated carbocycles. The van der Waals surface area contributed by atoms with Crippen LogP contribution < -0.4 is 4.90 Å². The molecule has 0 N–H and O–H groups in total. The van der Waals surface area contributed by atoms with Gasteiger partial charge in [-0.2, -0.15) is 22.0 Å². The first-order chi connectivity index (χ1) is 13.6. The van der Waals surface area contributed by atoms with Gasteiger partial charge in [-0.05, 0) is 35.9 Å². The molecule has 2 aromatic rings. The Morgan fingerprint density at radius 1 is 0.931 bits per heavy atom. The third kappa shape index (κ3) is 5.05. The monoisotopic (exact) mass is 434 g/mol. The zero-order chi connectivity index (χ0) is 21.2. The van der Waals surface area contributed by atoms with E-state index in [2.05, 4.69) is 4.90 Å². The summed E-state index contributed by atoms with van der Waals surface area (Å²) in [5, 5.41) is 0. The van der Waals surface area contributed by atoms with E-state index in [1.54, 1.807) is 6.07 Å². The lowest BCUT2D eigenvalue weighted by molar-refractivity contribution is -0.137. The minimum absolute atomic E-state index is 0.425. The Hall–Kier alpha value is -2.20. The van der Waals surface area contributed by atoms with Crippen LogP contribution in [0.15, 0.2) is 53.4 Å². The van der Waals surface area contributed by atoms with Gasteiger partial charge in [-0.3, -0.25) is 4.90 Å². The lowest BCUT2D eigenvalue weighted by Crippen LogP contribution is -2.46. The average molecular weight is 434 g/mol. The SMILES string of the molecule is O=S(=O)(c1ccc(CN2CCN(c3cccc(C(F)(F)F)c3)CC2)cc1)C(F)F. The minimum atomic E-state index is -4.61. The third-order valence-electron chi connectivity index (χ3n) is 4.80. The molecule has 1 aliphatic rings. The van der Waals surface area contributed by atoms with Gasteiger partial charge in [0.25, 0.3) is 0 Å². The average Bonchev–Trinajstić information content (AvgIpc) is 2.68. The third-order valence-corrected chi connectivity index (χ3v) is 6.20. The van der Waals surface area contributed by atoms with E-state index in [0.29, 0.717) is 38.4 Å². The number of benzene rings is 2. The number of sulfone groups is 1. The van der Waals surface area contributed by atoms with Gasteiger partial charge in [-0.1, -0.05) is 18.2 Å². The standard InChI is InChI=1S/C19H19F5N2O2S/c20-18(21)29(27,28)17-6-4-14(5-7-17)13-25-8-10-26(11-9-25)16-3-1-2-15(12-16)19(22,23)24/h1-7,12,18H,8-11,13H2. The molecule has 29 heavy (non-hydrogen) atoms. The molecule has 2 aromatic carbocycles. The molecule has 0 amide bonds. The summed E-state index contributed by atoms with van der Waals surface area (Å²) in [7, 11) is -4.61. The quantitative estimate of drug-likeness (QED) is 0.667. The summed E-state index contributed by atoms with van der Waals surface area (Å²) in [6.07, 6.45) is -4.39. The summed E-state index contributed by atoms with van der Waals surface area (Å²) in [5.74, 6) is -3.46. The molecule has 1 heterocycles. The van der Waals surface area contributed by atoms with Crippen molar-refractivity contribution >= 4 is 15.5 Å². The number of nitrogens with zero attached hydrogens (tertiary/aromatic N) is 2. The maximum Gasteiger partial charge on any atom is 0.416 e. The molecular weight excluding hydrogens is 415 g/mol. The molecule has 0 unspecified atom stereocenters. The number of alkyl halides is 5. The second kappa shape index (κ2) is 8.27. The summed E-state index contributed by atoms with van der Waals surface area (Å²) in [5.41, 5.74) is 0.600. The first-order valence-electron chi connectivity index (χ1n) is 8.83. The van der Waals surface area contributed by atoms with Crippen LogP contribution in [0.1, 0.15) is 11.1 Å². The van der Waals surface area contributed by atoms with Crippen LogP contribution in [-0.4, -0.2) is 45.3 Å². The van der Waals surface area contributed by atoms with Gasteiger partial charge in [-0.25, -0.2) is 8.42 Å². The summed E-state index contributed by atoms with van der Waals surface area (Å²) in [6, 6.07) is 10.5. The van der Waals surface area contributed by atoms with Crippen LogP contribution in [0, 0.1) is 0 Å². The topological polar surface area (TPSA) is 40.6 Å². The van der Waals surface area contributed by atoms with Crippen LogP contribution in [0.4, 0.5) is 27.6 Å². The van der Waals surface area contributed by atoms with Crippen molar-refractivity contribution in [2.75, 3.05) is 31.1 Å². The molecule has 1 aliphatic heterocycles. The van der Waals surface area contributed by atoms with Crippen molar-refractivity contribution in [2.24, 2.45) is 0 Å². The fourth-order valence-corrected chi connectivity index (χ4v) is 3.91. The molecule has 4 nitrogen and oxygen atoms in total. The van der Waals surface area contributed by atoms with Gasteiger partial charge < -0.3 is 4.90 Å². The van der Waals surface area contributed by atoms with Crippen LogP contribution in [0.5, 0.6) is 0 Å². The maximum absolute atomic E-state index is 12.9. The molecule has 10 heteroatoms. The fourth-order valence-electron chi connectivity index (χ4n) is 3.19. The van der Waals surface area contributed by atoms with Gasteiger partial charge in [0.1, 0.15) is 0 Å². The largest absolute Gasteiger partial charge is 0.416 e. The minimum Gasteiger partial charge on any atom is -0.369 e. The van der Waals surface area contributed by atoms with E-state index in [-0.39, 0.29) is 0 Å². The normalized spacial score (nSPS) is 16.4. The Bertz CT molecular complexity index is 938. The zero-order valence-electron chi connectivity index (χ0n) is 15.2. The van der Waals surface area contributed by atoms with Crippen LogP contribution in [0.2, 0.25) is 0 Å². The summed E-state index contributed by atoms with van der Waals surface area (Å²) < 4.78 is 86.7. The van der Waals surface area contributed by atoms with Crippen molar-refractivity contribution in [2.45, 2.75) is 23.4 Å². The van der Waals surface area contributed by atoms with Gasteiger partial charge >= 0.3 is 11.9 Å². The molecule has 0 atom stereocenters. The van der Waals surface area contributed by atoms with Crippen molar-refractivity contribution in [3.05, 3.63) is 59.7 Å². The molecule has 0 radical (unpaired) electrons. The van der Waals surface area contributed by atoms with Gasteiger partial charge in [0, 0.05) is 38.4 Å². The number of hydrogen-bond donors (Lipinski definition) is 0. The molecule has 0 aromatic heterocycles. The molecule has 1 fully saturated rings. The summed E-state index contributed by atoms with van der Waals surface area (Å²) in [4.78, 5) is 3.52. The predicted octanol–water partition coefficient (Wildman–Crippen LogP) is 4.02. The zero-order valence-corrected chi connectivity index (χ0v) is 16.1. The van der Waals surface area contributed by atoms with E-state index in [9.17, 15) is 30.4 Å². The maximum atomic E-state index is 12.9. The lowest BCUT2D eigenvalue weighted by Gasteiger charge is -2.36. The number of hydrogen-bond acceptors (Lipinski definition) is 4. The summed E-state index contributed by atoms with van der Waals surface area (Å²) >= 11 is 0. The van der Waals surface area contributed by atoms with Crippen molar-refractivity contribution < 1.29 is 30.4 Å². The second-order valence-electron chi connectivity index (χ2n) is 6.76. The van der Waals surface area contributed by atoms with Crippen molar-refractivity contribution in [3.63, 3.8) is 0 Å². The van der Waals surface area contributed by atoms with Gasteiger partial charge in [0.05, 0.1) is 10.5 Å². The predicted molar refractivity (Wildman–Crippen MR) is 98.6 cm³/mol. The van der Waals surface area contributed by atoms with Gasteiger partial charge in [-0.15, -0.1) is 0 Å². The van der Waals surface area contributed by atoms with E-state index in [4.69, 9.17) is 0 Å². The van der Waals surface area contributed by atoms with Gasteiger partial charge in [0.15, 0.2) is 0 Å². The number of anilines is 1. The van der Waals surface area contributed by atoms with E-state index in [1.165, 1.54) is 18.2 Å². The molecule has 0 spiro atoms. The highest BCUT2D eigenvalue weighted by Gasteiger charge is 2.31. The Labute approximate surface area is 165 Å². The Morgan fingerprint density at radius 3 is 2.10 bits per heavy atom. The van der Waals surface area contributed by atoms with Gasteiger partial charge in [0.2, 0.25) is 9.84 Å². The highest BCUT2D eigenvalue weighted by Crippen LogP contribution is 2.32. The fraction of sp³-hybridized carbons (Fsp3) is 0.368. The number of halogens is 5. The molecule has 158 valence electrons. The molecule has 0 aliphatic carbocycles. The van der Waals surface area contributed by atoms with Crippen molar-refractivity contribution in [1.82, 2.24) is 4.90 Å². The Balaban J connectivity index is 1.59. The van der Waals surface area contributed by atoms with E-state index >= 15 is 0 Å². The van der Waals surface area contributed by atoms with E-state index in [1.807, 2.05) is 4.90 Å². The van der Waals surface area contributed by atoms with E-state index < -0.39 is 32.2 Å². The smallest absolute Gasteiger partial charge is 0.369 e. The number of rotatable bonds is 5. The molecular formula is C19H19F5N2O2S. The first-order valence-corrected chi connectivity index (χ1v) is 10.4. The summed E-state index contributed by atoms with van der Waals surface area (Å²) in [6.45, 7) is 2.78. The second-order valence-corrected chi connectivity index (χ2v) is 8.68. The molecule has 1 saturated heterocycles. The highest BCUT2D eigenvalue weighted by atomic mass is 32.2. The van der Waals surface area contributed by atoms with Crippen molar-refractivity contribution in [1.29, 1.82) is 0 Å². The molecule has 0 bridgehead atoms. The van der Waals surface area contributed by atoms with Crippen LogP contribution in [0.25, 0.3) is 0 Å². The van der Waals surface area contributed by atoms with Crippen molar-refractivity contribution in [3.8, 4) is 0 Å². The lowest BCUT2D eigenvalue weighted by atomic mass is 10.1. The molecule has 3 rings (SSSR count). The number of piperazine rings is 1.